The van der Waals surface area contributed by atoms with Gasteiger partial charge in [0.2, 0.25) is 5.91 Å². The molecule has 9 heteroatoms. The Morgan fingerprint density at radius 2 is 1.90 bits per heavy atom. The van der Waals surface area contributed by atoms with Crippen LogP contribution in [0.5, 0.6) is 0 Å². The van der Waals surface area contributed by atoms with E-state index in [4.69, 9.17) is 4.42 Å². The molecule has 5 nitrogen and oxygen atoms in total. The summed E-state index contributed by atoms with van der Waals surface area (Å²) in [5.41, 5.74) is 0.386. The summed E-state index contributed by atoms with van der Waals surface area (Å²) in [6, 6.07) is 1.47. The van der Waals surface area contributed by atoms with Crippen LogP contribution >= 0.6 is 15.9 Å². The van der Waals surface area contributed by atoms with Crippen molar-refractivity contribution < 1.29 is 27.2 Å². The largest absolute Gasteiger partial charge is 0.444 e. The first-order chi connectivity index (χ1) is 9.51. The molecule has 0 aliphatic carbocycles. The zero-order chi connectivity index (χ0) is 16.4. The maximum atomic E-state index is 12.6. The molecule has 0 atom stereocenters. The van der Waals surface area contributed by atoms with E-state index in [-0.39, 0.29) is 10.4 Å². The summed E-state index contributed by atoms with van der Waals surface area (Å²) in [7, 11) is 2.79. The van der Waals surface area contributed by atoms with Crippen LogP contribution in [-0.2, 0) is 4.79 Å². The van der Waals surface area contributed by atoms with Gasteiger partial charge in [0, 0.05) is 19.7 Å². The van der Waals surface area contributed by atoms with E-state index >= 15 is 0 Å². The number of likely N-dealkylation sites (N-methyl/N-ethyl adjacent to an activating group) is 1. The van der Waals surface area contributed by atoms with Crippen LogP contribution in [0.1, 0.15) is 16.1 Å². The van der Waals surface area contributed by atoms with Crippen molar-refractivity contribution in [2.75, 3.05) is 27.2 Å². The second kappa shape index (κ2) is 6.50. The van der Waals surface area contributed by atoms with Gasteiger partial charge in [0.05, 0.1) is 0 Å². The van der Waals surface area contributed by atoms with Gasteiger partial charge in [-0.3, -0.25) is 9.59 Å². The zero-order valence-electron chi connectivity index (χ0n) is 11.6. The Morgan fingerprint density at radius 3 is 2.29 bits per heavy atom. The molecule has 0 aromatic carbocycles. The van der Waals surface area contributed by atoms with Crippen LogP contribution in [0.25, 0.3) is 0 Å². The van der Waals surface area contributed by atoms with Gasteiger partial charge in [-0.1, -0.05) is 0 Å². The molecule has 1 aromatic heterocycles. The first-order valence-corrected chi connectivity index (χ1v) is 6.62. The van der Waals surface area contributed by atoms with Crippen molar-refractivity contribution in [3.8, 4) is 0 Å². The summed E-state index contributed by atoms with van der Waals surface area (Å²) >= 11 is 3.00. The highest BCUT2D eigenvalue weighted by atomic mass is 79.9. The molecule has 0 aliphatic rings. The Bertz CT molecular complexity index is 540. The fourth-order valence-corrected chi connectivity index (χ4v) is 2.03. The molecule has 21 heavy (non-hydrogen) atoms. The third kappa shape index (κ3) is 5.07. The number of halogens is 4. The number of hydrogen-bond acceptors (Lipinski definition) is 3. The normalized spacial score (nSPS) is 11.4. The molecular weight excluding hydrogens is 357 g/mol. The zero-order valence-corrected chi connectivity index (χ0v) is 13.2. The van der Waals surface area contributed by atoms with Crippen molar-refractivity contribution in [1.29, 1.82) is 0 Å². The maximum absolute atomic E-state index is 12.6. The molecule has 118 valence electrons. The third-order valence-corrected chi connectivity index (χ3v) is 2.96. The van der Waals surface area contributed by atoms with Gasteiger partial charge in [0.15, 0.2) is 10.4 Å². The lowest BCUT2D eigenvalue weighted by atomic mass is 10.2. The van der Waals surface area contributed by atoms with Gasteiger partial charge in [0.25, 0.3) is 5.91 Å². The summed E-state index contributed by atoms with van der Waals surface area (Å²) in [5, 5.41) is 0. The predicted molar refractivity (Wildman–Crippen MR) is 71.8 cm³/mol. The Balaban J connectivity index is 3.02. The second-order valence-corrected chi connectivity index (χ2v) is 5.41. The highest BCUT2D eigenvalue weighted by Crippen LogP contribution is 2.23. The summed E-state index contributed by atoms with van der Waals surface area (Å²) in [6.07, 6.45) is -4.61. The van der Waals surface area contributed by atoms with E-state index in [1.165, 1.54) is 27.1 Å². The molecule has 0 fully saturated rings. The second-order valence-electron chi connectivity index (χ2n) is 4.63. The average Bonchev–Trinajstić information content (AvgIpc) is 2.64. The molecule has 2 amide bonds. The van der Waals surface area contributed by atoms with Crippen molar-refractivity contribution in [2.45, 2.75) is 13.1 Å². The first-order valence-electron chi connectivity index (χ1n) is 5.83. The fourth-order valence-electron chi connectivity index (χ4n) is 1.52. The summed E-state index contributed by atoms with van der Waals surface area (Å²) in [5.74, 6) is -1.82. The van der Waals surface area contributed by atoms with Gasteiger partial charge in [0.1, 0.15) is 13.1 Å². The minimum Gasteiger partial charge on any atom is -0.444 e. The van der Waals surface area contributed by atoms with E-state index in [9.17, 15) is 22.8 Å². The Labute approximate surface area is 127 Å². The van der Waals surface area contributed by atoms with E-state index in [1.54, 1.807) is 0 Å². The Kier molecular flexibility index (Phi) is 5.43. The molecule has 0 aliphatic heterocycles. The highest BCUT2D eigenvalue weighted by Gasteiger charge is 2.36. The van der Waals surface area contributed by atoms with Crippen LogP contribution < -0.4 is 0 Å². The summed E-state index contributed by atoms with van der Waals surface area (Å²) in [6.45, 7) is -0.673. The van der Waals surface area contributed by atoms with Crippen LogP contribution in [-0.4, -0.2) is 55.0 Å². The van der Waals surface area contributed by atoms with Crippen LogP contribution in [0.2, 0.25) is 0 Å². The SMILES string of the molecule is Cc1cc(Br)oc1C(=O)N(CC(=O)N(C)C)CC(F)(F)F. The van der Waals surface area contributed by atoms with Crippen molar-refractivity contribution in [1.82, 2.24) is 9.80 Å². The van der Waals surface area contributed by atoms with Gasteiger partial charge in [-0.15, -0.1) is 0 Å². The number of nitrogens with zero attached hydrogens (tertiary/aromatic N) is 2. The summed E-state index contributed by atoms with van der Waals surface area (Å²) in [4.78, 5) is 25.3. The maximum Gasteiger partial charge on any atom is 0.406 e. The van der Waals surface area contributed by atoms with Crippen molar-refractivity contribution >= 4 is 27.7 Å². The van der Waals surface area contributed by atoms with E-state index in [2.05, 4.69) is 15.9 Å². The van der Waals surface area contributed by atoms with Crippen LogP contribution in [0.3, 0.4) is 0 Å². The standard InChI is InChI=1S/C12H14BrF3N2O3/c1-7-4-8(13)21-10(7)11(20)18(6-12(14,15)16)5-9(19)17(2)3/h4H,5-6H2,1-3H3. The van der Waals surface area contributed by atoms with Gasteiger partial charge >= 0.3 is 6.18 Å². The van der Waals surface area contributed by atoms with E-state index in [1.807, 2.05) is 0 Å². The Morgan fingerprint density at radius 1 is 1.33 bits per heavy atom. The summed E-state index contributed by atoms with van der Waals surface area (Å²) < 4.78 is 43.0. The van der Waals surface area contributed by atoms with Gasteiger partial charge in [-0.25, -0.2) is 0 Å². The Hall–Kier alpha value is -1.51. The predicted octanol–water partition coefficient (Wildman–Crippen LogP) is 2.44. The quantitative estimate of drug-likeness (QED) is 0.817. The number of furan rings is 1. The topological polar surface area (TPSA) is 53.8 Å². The van der Waals surface area contributed by atoms with Crippen LogP contribution in [0.15, 0.2) is 15.2 Å². The third-order valence-electron chi connectivity index (χ3n) is 2.56. The number of amides is 2. The van der Waals surface area contributed by atoms with Gasteiger partial charge in [-0.05, 0) is 28.9 Å². The minimum atomic E-state index is -4.61. The molecule has 1 aromatic rings. The molecule has 0 N–H and O–H groups in total. The number of carbonyl (C=O) groups excluding carboxylic acids is 2. The molecule has 1 rings (SSSR count). The minimum absolute atomic E-state index is 0.224. The first kappa shape index (κ1) is 17.5. The fraction of sp³-hybridized carbons (Fsp3) is 0.500. The molecule has 0 unspecified atom stereocenters. The van der Waals surface area contributed by atoms with Crippen LogP contribution in [0.4, 0.5) is 13.2 Å². The molecule has 0 radical (unpaired) electrons. The number of alkyl halides is 3. The number of carbonyl (C=O) groups is 2. The number of hydrogen-bond donors (Lipinski definition) is 0. The van der Waals surface area contributed by atoms with E-state index in [0.717, 1.165) is 4.90 Å². The average molecular weight is 371 g/mol. The lowest BCUT2D eigenvalue weighted by Gasteiger charge is -2.24. The molecule has 0 saturated heterocycles. The van der Waals surface area contributed by atoms with Crippen molar-refractivity contribution in [2.24, 2.45) is 0 Å². The van der Waals surface area contributed by atoms with E-state index in [0.29, 0.717) is 10.5 Å². The van der Waals surface area contributed by atoms with Gasteiger partial charge in [-0.2, -0.15) is 13.2 Å². The lowest BCUT2D eigenvalue weighted by Crippen LogP contribution is -2.44. The van der Waals surface area contributed by atoms with Crippen LogP contribution in [0, 0.1) is 6.92 Å². The molecule has 0 spiro atoms. The number of rotatable bonds is 4. The molecule has 0 saturated carbocycles. The lowest BCUT2D eigenvalue weighted by molar-refractivity contribution is -0.146. The van der Waals surface area contributed by atoms with Crippen molar-refractivity contribution in [3.63, 3.8) is 0 Å². The smallest absolute Gasteiger partial charge is 0.406 e. The number of aryl methyl sites for hydroxylation is 1. The van der Waals surface area contributed by atoms with E-state index < -0.39 is 31.1 Å². The van der Waals surface area contributed by atoms with Crippen molar-refractivity contribution in [3.05, 3.63) is 22.1 Å². The molecular formula is C12H14BrF3N2O3. The van der Waals surface area contributed by atoms with Gasteiger partial charge < -0.3 is 14.2 Å². The molecule has 0 bridgehead atoms. The monoisotopic (exact) mass is 370 g/mol. The highest BCUT2D eigenvalue weighted by molar-refractivity contribution is 9.10. The molecule has 1 heterocycles.